The van der Waals surface area contributed by atoms with Crippen molar-refractivity contribution in [2.75, 3.05) is 0 Å². The molecule has 0 spiro atoms. The summed E-state index contributed by atoms with van der Waals surface area (Å²) in [7, 11) is 0. The van der Waals surface area contributed by atoms with Gasteiger partial charge in [-0.1, -0.05) is 37.5 Å². The lowest BCUT2D eigenvalue weighted by molar-refractivity contribution is -0.0696. The molecular weight excluding hydrogens is 316 g/mol. The predicted octanol–water partition coefficient (Wildman–Crippen LogP) is 6.37. The van der Waals surface area contributed by atoms with Crippen LogP contribution in [0.1, 0.15) is 62.5 Å². The third-order valence-corrected chi connectivity index (χ3v) is 4.44. The maximum Gasteiger partial charge on any atom is 0.458 e. The second-order valence-electron chi connectivity index (χ2n) is 6.32. The zero-order valence-corrected chi connectivity index (χ0v) is 13.8. The summed E-state index contributed by atoms with van der Waals surface area (Å²) < 4.78 is 50.2. The van der Waals surface area contributed by atoms with E-state index in [1.807, 2.05) is 5.92 Å². The lowest BCUT2D eigenvalue weighted by Gasteiger charge is -2.27. The van der Waals surface area contributed by atoms with E-state index in [-0.39, 0.29) is 11.5 Å². The van der Waals surface area contributed by atoms with Crippen molar-refractivity contribution in [1.82, 2.24) is 0 Å². The Labute approximate surface area is 141 Å². The van der Waals surface area contributed by atoms with Crippen molar-refractivity contribution >= 4 is 0 Å². The topological polar surface area (TPSA) is 0 Å². The molecule has 0 saturated heterocycles. The number of halogens is 4. The maximum absolute atomic E-state index is 14.0. The van der Waals surface area contributed by atoms with Crippen LogP contribution in [0.15, 0.2) is 30.4 Å². The lowest BCUT2D eigenvalue weighted by Crippen LogP contribution is -2.12. The van der Waals surface area contributed by atoms with Gasteiger partial charge in [0, 0.05) is 5.92 Å². The Morgan fingerprint density at radius 3 is 2.46 bits per heavy atom. The van der Waals surface area contributed by atoms with E-state index in [1.165, 1.54) is 12.1 Å². The van der Waals surface area contributed by atoms with Crippen molar-refractivity contribution in [2.45, 2.75) is 57.5 Å². The summed E-state index contributed by atoms with van der Waals surface area (Å²) >= 11 is 0. The largest absolute Gasteiger partial charge is 0.458 e. The smallest absolute Gasteiger partial charge is 0.206 e. The van der Waals surface area contributed by atoms with Crippen LogP contribution >= 0.6 is 0 Å². The van der Waals surface area contributed by atoms with Crippen molar-refractivity contribution in [1.29, 1.82) is 0 Å². The Bertz CT molecular complexity index is 623. The van der Waals surface area contributed by atoms with E-state index in [9.17, 15) is 17.6 Å². The Hall–Kier alpha value is -1.76. The molecule has 1 saturated carbocycles. The van der Waals surface area contributed by atoms with Gasteiger partial charge < -0.3 is 0 Å². The van der Waals surface area contributed by atoms with Crippen LogP contribution in [-0.2, 0) is 0 Å². The average molecular weight is 338 g/mol. The van der Waals surface area contributed by atoms with Gasteiger partial charge in [-0.2, -0.15) is 13.2 Å². The first kappa shape index (κ1) is 18.6. The number of benzene rings is 1. The molecule has 0 atom stereocenters. The molecular formula is C20H22F4. The number of hydrogen-bond acceptors (Lipinski definition) is 0. The monoisotopic (exact) mass is 338 g/mol. The number of hydrogen-bond donors (Lipinski definition) is 0. The van der Waals surface area contributed by atoms with Gasteiger partial charge in [-0.05, 0) is 61.6 Å². The minimum Gasteiger partial charge on any atom is -0.206 e. The molecule has 2 rings (SSSR count). The molecule has 0 unspecified atom stereocenters. The van der Waals surface area contributed by atoms with Gasteiger partial charge in [0.2, 0.25) is 0 Å². The molecule has 0 radical (unpaired) electrons. The second-order valence-corrected chi connectivity index (χ2v) is 6.32. The van der Waals surface area contributed by atoms with Crippen molar-refractivity contribution in [3.8, 4) is 11.8 Å². The van der Waals surface area contributed by atoms with Crippen LogP contribution in [0.25, 0.3) is 0 Å². The van der Waals surface area contributed by atoms with Crippen LogP contribution in [0.3, 0.4) is 0 Å². The first-order chi connectivity index (χ1) is 11.4. The SMILES string of the molecule is CCCC=CC1CCC(c2ccc(C#CC(F)(F)F)c(F)c2)CC1. The third-order valence-electron chi connectivity index (χ3n) is 4.44. The highest BCUT2D eigenvalue weighted by molar-refractivity contribution is 5.39. The highest BCUT2D eigenvalue weighted by Crippen LogP contribution is 2.36. The summed E-state index contributed by atoms with van der Waals surface area (Å²) in [5.74, 6) is 3.17. The Balaban J connectivity index is 1.99. The molecule has 130 valence electrons. The lowest BCUT2D eigenvalue weighted by atomic mass is 9.78. The third kappa shape index (κ3) is 5.70. The van der Waals surface area contributed by atoms with Crippen molar-refractivity contribution in [2.24, 2.45) is 5.92 Å². The number of allylic oxidation sites excluding steroid dienone is 2. The second kappa shape index (κ2) is 8.37. The fourth-order valence-electron chi connectivity index (χ4n) is 3.13. The highest BCUT2D eigenvalue weighted by Gasteiger charge is 2.24. The van der Waals surface area contributed by atoms with Crippen LogP contribution in [0.5, 0.6) is 0 Å². The molecule has 0 nitrogen and oxygen atoms in total. The summed E-state index contributed by atoms with van der Waals surface area (Å²) in [6.45, 7) is 2.15. The van der Waals surface area contributed by atoms with E-state index >= 15 is 0 Å². The fourth-order valence-corrected chi connectivity index (χ4v) is 3.13. The van der Waals surface area contributed by atoms with Gasteiger partial charge in [0.25, 0.3) is 0 Å². The summed E-state index contributed by atoms with van der Waals surface area (Å²) in [6, 6.07) is 4.41. The number of unbranched alkanes of at least 4 members (excludes halogenated alkanes) is 1. The molecule has 1 aromatic carbocycles. The Morgan fingerprint density at radius 1 is 1.17 bits per heavy atom. The molecule has 1 aliphatic carbocycles. The van der Waals surface area contributed by atoms with Gasteiger partial charge in [-0.25, -0.2) is 4.39 Å². The van der Waals surface area contributed by atoms with Gasteiger partial charge in [0.15, 0.2) is 0 Å². The van der Waals surface area contributed by atoms with Crippen molar-refractivity contribution < 1.29 is 17.6 Å². The van der Waals surface area contributed by atoms with Gasteiger partial charge >= 0.3 is 6.18 Å². The summed E-state index contributed by atoms with van der Waals surface area (Å²) in [5.41, 5.74) is 0.660. The zero-order chi connectivity index (χ0) is 17.6. The molecule has 0 bridgehead atoms. The molecule has 4 heteroatoms. The number of alkyl halides is 3. The van der Waals surface area contributed by atoms with Crippen molar-refractivity contribution in [3.05, 3.63) is 47.3 Å². The van der Waals surface area contributed by atoms with E-state index < -0.39 is 12.0 Å². The first-order valence-electron chi connectivity index (χ1n) is 8.45. The molecule has 0 N–H and O–H groups in total. The van der Waals surface area contributed by atoms with Crippen molar-refractivity contribution in [3.63, 3.8) is 0 Å². The number of rotatable bonds is 4. The van der Waals surface area contributed by atoms with E-state index in [0.717, 1.165) is 50.0 Å². The average Bonchev–Trinajstić information content (AvgIpc) is 2.54. The summed E-state index contributed by atoms with van der Waals surface area (Å²) in [4.78, 5) is 0. The molecule has 1 fully saturated rings. The minimum atomic E-state index is -4.60. The normalized spacial score (nSPS) is 21.5. The molecule has 0 aromatic heterocycles. The quantitative estimate of drug-likeness (QED) is 0.340. The molecule has 0 amide bonds. The van der Waals surface area contributed by atoms with Crippen LogP contribution < -0.4 is 0 Å². The summed E-state index contributed by atoms with van der Waals surface area (Å²) in [6.07, 6.45) is 6.27. The molecule has 0 heterocycles. The Morgan fingerprint density at radius 2 is 1.88 bits per heavy atom. The van der Waals surface area contributed by atoms with E-state index in [1.54, 1.807) is 6.07 Å². The predicted molar refractivity (Wildman–Crippen MR) is 88.1 cm³/mol. The van der Waals surface area contributed by atoms with E-state index in [0.29, 0.717) is 5.92 Å². The summed E-state index contributed by atoms with van der Waals surface area (Å²) in [5, 5.41) is 0. The molecule has 24 heavy (non-hydrogen) atoms. The van der Waals surface area contributed by atoms with E-state index in [2.05, 4.69) is 19.1 Å². The zero-order valence-electron chi connectivity index (χ0n) is 13.8. The standard InChI is InChI=1S/C20H22F4/c1-2-3-4-5-15-6-8-16(9-7-15)18-11-10-17(19(21)14-18)12-13-20(22,23)24/h4-5,10-11,14-16H,2-3,6-9H2,1H3. The van der Waals surface area contributed by atoms with Crippen LogP contribution in [0, 0.1) is 23.6 Å². The fraction of sp³-hybridized carbons (Fsp3) is 0.500. The van der Waals surface area contributed by atoms with Gasteiger partial charge in [0.05, 0.1) is 5.56 Å². The molecule has 0 aliphatic heterocycles. The van der Waals surface area contributed by atoms with Crippen LogP contribution in [-0.4, -0.2) is 6.18 Å². The van der Waals surface area contributed by atoms with Gasteiger partial charge in [0.1, 0.15) is 5.82 Å². The van der Waals surface area contributed by atoms with Gasteiger partial charge in [-0.15, -0.1) is 0 Å². The molecule has 1 aromatic rings. The van der Waals surface area contributed by atoms with Gasteiger partial charge in [-0.3, -0.25) is 0 Å². The van der Waals surface area contributed by atoms with Crippen LogP contribution in [0.4, 0.5) is 17.6 Å². The first-order valence-corrected chi connectivity index (χ1v) is 8.45. The van der Waals surface area contributed by atoms with E-state index in [4.69, 9.17) is 0 Å². The maximum atomic E-state index is 14.0. The Kier molecular flexibility index (Phi) is 6.48. The van der Waals surface area contributed by atoms with Crippen LogP contribution in [0.2, 0.25) is 0 Å². The molecule has 1 aliphatic rings. The highest BCUT2D eigenvalue weighted by atomic mass is 19.4. The minimum absolute atomic E-state index is 0.202.